The highest BCUT2D eigenvalue weighted by atomic mass is 35.5. The van der Waals surface area contributed by atoms with Crippen LogP contribution in [0.3, 0.4) is 0 Å². The van der Waals surface area contributed by atoms with E-state index >= 15 is 0 Å². The van der Waals surface area contributed by atoms with Gasteiger partial charge in [0, 0.05) is 33.8 Å². The van der Waals surface area contributed by atoms with Crippen molar-refractivity contribution in [1.82, 2.24) is 0 Å². The highest BCUT2D eigenvalue weighted by Gasteiger charge is 2.32. The average Bonchev–Trinajstić information content (AvgIpc) is 2.96. The molecule has 0 saturated heterocycles. The Morgan fingerprint density at radius 3 is 2.52 bits per heavy atom. The lowest BCUT2D eigenvalue weighted by atomic mass is 9.87. The third kappa shape index (κ3) is 3.75. The molecule has 2 N–H and O–H groups in total. The molecule has 5 rings (SSSR count). The standard InChI is InChI=1S/C26H21ClN2O2/c27-19-9-4-8-17(14-19)25-24-21(10-5-11-23(24)30)28-22-15-18(12-13-20(22)29-25)26(31)16-6-2-1-3-7-16/h1-4,6-9,12-15,25,28-29H,5,10-11H2. The summed E-state index contributed by atoms with van der Waals surface area (Å²) in [6.45, 7) is 0. The summed E-state index contributed by atoms with van der Waals surface area (Å²) in [6, 6.07) is 22.1. The number of benzene rings is 3. The lowest BCUT2D eigenvalue weighted by Gasteiger charge is -2.25. The monoisotopic (exact) mass is 428 g/mol. The Morgan fingerprint density at radius 2 is 1.71 bits per heavy atom. The van der Waals surface area contributed by atoms with Crippen molar-refractivity contribution >= 4 is 34.5 Å². The largest absolute Gasteiger partial charge is 0.372 e. The van der Waals surface area contributed by atoms with Gasteiger partial charge in [-0.3, -0.25) is 9.59 Å². The smallest absolute Gasteiger partial charge is 0.193 e. The molecule has 1 aliphatic carbocycles. The molecule has 1 atom stereocenters. The van der Waals surface area contributed by atoms with E-state index in [-0.39, 0.29) is 17.6 Å². The normalized spacial score (nSPS) is 17.7. The summed E-state index contributed by atoms with van der Waals surface area (Å²) in [6.07, 6.45) is 2.13. The molecule has 1 heterocycles. The van der Waals surface area contributed by atoms with Crippen molar-refractivity contribution in [3.05, 3.63) is 106 Å². The minimum atomic E-state index is -0.300. The Labute approximate surface area is 185 Å². The molecular formula is C26H21ClN2O2. The third-order valence-corrected chi connectivity index (χ3v) is 6.07. The summed E-state index contributed by atoms with van der Waals surface area (Å²) < 4.78 is 0. The fourth-order valence-corrected chi connectivity index (χ4v) is 4.52. The summed E-state index contributed by atoms with van der Waals surface area (Å²) >= 11 is 6.25. The van der Waals surface area contributed by atoms with Gasteiger partial charge in [-0.05, 0) is 48.7 Å². The average molecular weight is 429 g/mol. The minimum Gasteiger partial charge on any atom is -0.372 e. The predicted molar refractivity (Wildman–Crippen MR) is 124 cm³/mol. The van der Waals surface area contributed by atoms with Gasteiger partial charge in [0.15, 0.2) is 11.6 Å². The van der Waals surface area contributed by atoms with Crippen molar-refractivity contribution in [2.45, 2.75) is 25.3 Å². The van der Waals surface area contributed by atoms with Crippen LogP contribution in [-0.4, -0.2) is 11.6 Å². The Bertz CT molecular complexity index is 1220. The molecule has 5 heteroatoms. The number of allylic oxidation sites excluding steroid dienone is 1. The van der Waals surface area contributed by atoms with Crippen LogP contribution in [0.5, 0.6) is 0 Å². The lowest BCUT2D eigenvalue weighted by Crippen LogP contribution is -2.23. The molecule has 1 aliphatic heterocycles. The van der Waals surface area contributed by atoms with E-state index in [9.17, 15) is 9.59 Å². The molecule has 4 nitrogen and oxygen atoms in total. The summed E-state index contributed by atoms with van der Waals surface area (Å²) in [4.78, 5) is 25.9. The fraction of sp³-hybridized carbons (Fsp3) is 0.154. The van der Waals surface area contributed by atoms with Gasteiger partial charge in [0.05, 0.1) is 17.4 Å². The van der Waals surface area contributed by atoms with Crippen LogP contribution in [0.15, 0.2) is 84.1 Å². The molecule has 1 unspecified atom stereocenters. The number of nitrogens with one attached hydrogen (secondary N) is 2. The van der Waals surface area contributed by atoms with Gasteiger partial charge in [-0.2, -0.15) is 0 Å². The van der Waals surface area contributed by atoms with Crippen LogP contribution >= 0.6 is 11.6 Å². The first-order valence-electron chi connectivity index (χ1n) is 10.4. The second-order valence-electron chi connectivity index (χ2n) is 7.88. The number of ketones is 2. The van der Waals surface area contributed by atoms with E-state index in [1.165, 1.54) is 0 Å². The zero-order valence-electron chi connectivity index (χ0n) is 16.8. The number of hydrogen-bond donors (Lipinski definition) is 2. The highest BCUT2D eigenvalue weighted by molar-refractivity contribution is 6.30. The van der Waals surface area contributed by atoms with Crippen LogP contribution in [0, 0.1) is 0 Å². The van der Waals surface area contributed by atoms with E-state index in [4.69, 9.17) is 11.6 Å². The summed E-state index contributed by atoms with van der Waals surface area (Å²) in [7, 11) is 0. The molecule has 3 aromatic carbocycles. The molecule has 3 aromatic rings. The number of fused-ring (bicyclic) bond motifs is 1. The highest BCUT2D eigenvalue weighted by Crippen LogP contribution is 2.41. The van der Waals surface area contributed by atoms with E-state index in [2.05, 4.69) is 10.6 Å². The number of Topliss-reactive ketones (excluding diaryl/α,β-unsaturated/α-hetero) is 1. The van der Waals surface area contributed by atoms with E-state index < -0.39 is 0 Å². The van der Waals surface area contributed by atoms with E-state index in [0.717, 1.165) is 41.1 Å². The maximum Gasteiger partial charge on any atom is 0.193 e. The summed E-state index contributed by atoms with van der Waals surface area (Å²) in [5, 5.41) is 7.62. The number of anilines is 2. The van der Waals surface area contributed by atoms with E-state index in [1.807, 2.05) is 72.8 Å². The Balaban J connectivity index is 1.59. The third-order valence-electron chi connectivity index (χ3n) is 5.83. The van der Waals surface area contributed by atoms with Gasteiger partial charge < -0.3 is 10.6 Å². The van der Waals surface area contributed by atoms with Gasteiger partial charge in [0.2, 0.25) is 0 Å². The Morgan fingerprint density at radius 1 is 0.871 bits per heavy atom. The summed E-state index contributed by atoms with van der Waals surface area (Å²) in [5.41, 5.74) is 5.50. The zero-order valence-corrected chi connectivity index (χ0v) is 17.6. The quantitative estimate of drug-likeness (QED) is 0.491. The van der Waals surface area contributed by atoms with E-state index in [0.29, 0.717) is 22.6 Å². The SMILES string of the molecule is O=C1CCCC2=C1C(c1cccc(Cl)c1)Nc1ccc(C(=O)c3ccccc3)cc1N2. The maximum absolute atomic E-state index is 12.9. The van der Waals surface area contributed by atoms with Gasteiger partial charge >= 0.3 is 0 Å². The molecule has 0 spiro atoms. The Hall–Kier alpha value is -3.37. The second-order valence-corrected chi connectivity index (χ2v) is 8.32. The predicted octanol–water partition coefficient (Wildman–Crippen LogP) is 6.16. The van der Waals surface area contributed by atoms with Crippen LogP contribution in [-0.2, 0) is 4.79 Å². The fourth-order valence-electron chi connectivity index (χ4n) is 4.33. The number of carbonyl (C=O) groups is 2. The molecule has 0 radical (unpaired) electrons. The molecule has 2 aliphatic rings. The summed E-state index contributed by atoms with van der Waals surface area (Å²) in [5.74, 6) is 0.106. The van der Waals surface area contributed by atoms with Gasteiger partial charge in [-0.15, -0.1) is 0 Å². The first-order chi connectivity index (χ1) is 15.1. The van der Waals surface area contributed by atoms with Gasteiger partial charge in [0.25, 0.3) is 0 Å². The van der Waals surface area contributed by atoms with Gasteiger partial charge in [0.1, 0.15) is 0 Å². The number of rotatable bonds is 3. The number of hydrogen-bond acceptors (Lipinski definition) is 4. The zero-order chi connectivity index (χ0) is 21.4. The number of halogens is 1. The van der Waals surface area contributed by atoms with Crippen LogP contribution in [0.2, 0.25) is 5.02 Å². The lowest BCUT2D eigenvalue weighted by molar-refractivity contribution is -0.116. The topological polar surface area (TPSA) is 58.2 Å². The van der Waals surface area contributed by atoms with Crippen LogP contribution in [0.1, 0.15) is 46.8 Å². The van der Waals surface area contributed by atoms with Gasteiger partial charge in [-0.1, -0.05) is 54.1 Å². The number of carbonyl (C=O) groups excluding carboxylic acids is 2. The molecule has 0 bridgehead atoms. The first-order valence-corrected chi connectivity index (χ1v) is 10.8. The van der Waals surface area contributed by atoms with Crippen molar-refractivity contribution in [3.63, 3.8) is 0 Å². The van der Waals surface area contributed by atoms with Crippen molar-refractivity contribution in [3.8, 4) is 0 Å². The molecule has 31 heavy (non-hydrogen) atoms. The van der Waals surface area contributed by atoms with Crippen molar-refractivity contribution in [1.29, 1.82) is 0 Å². The minimum absolute atomic E-state index is 0.0326. The van der Waals surface area contributed by atoms with Crippen molar-refractivity contribution in [2.24, 2.45) is 0 Å². The molecule has 0 aromatic heterocycles. The molecule has 0 fully saturated rings. The van der Waals surface area contributed by atoms with Gasteiger partial charge in [-0.25, -0.2) is 0 Å². The van der Waals surface area contributed by atoms with E-state index in [1.54, 1.807) is 0 Å². The second kappa shape index (κ2) is 8.05. The van der Waals surface area contributed by atoms with Crippen LogP contribution in [0.25, 0.3) is 0 Å². The first kappa shape index (κ1) is 19.6. The van der Waals surface area contributed by atoms with Crippen molar-refractivity contribution in [2.75, 3.05) is 10.6 Å². The molecular weight excluding hydrogens is 408 g/mol. The van der Waals surface area contributed by atoms with Crippen LogP contribution < -0.4 is 10.6 Å². The molecule has 0 saturated carbocycles. The molecule has 0 amide bonds. The Kier molecular flexibility index (Phi) is 5.08. The van der Waals surface area contributed by atoms with Crippen LogP contribution in [0.4, 0.5) is 11.4 Å². The molecule has 154 valence electrons. The maximum atomic E-state index is 12.9. The van der Waals surface area contributed by atoms with Crippen molar-refractivity contribution < 1.29 is 9.59 Å².